The number of carbonyl (C=O) groups excluding carboxylic acids is 1. The zero-order chi connectivity index (χ0) is 14.4. The van der Waals surface area contributed by atoms with E-state index in [-0.39, 0.29) is 29.9 Å². The lowest BCUT2D eigenvalue weighted by molar-refractivity contribution is 0.0950. The van der Waals surface area contributed by atoms with Gasteiger partial charge in [-0.05, 0) is 31.7 Å². The van der Waals surface area contributed by atoms with Gasteiger partial charge < -0.3 is 11.1 Å². The quantitative estimate of drug-likeness (QED) is 0.723. The van der Waals surface area contributed by atoms with Crippen molar-refractivity contribution in [3.63, 3.8) is 0 Å². The topological polar surface area (TPSA) is 101 Å². The van der Waals surface area contributed by atoms with Crippen molar-refractivity contribution in [2.24, 2.45) is 5.73 Å². The highest BCUT2D eigenvalue weighted by Gasteiger charge is 2.18. The summed E-state index contributed by atoms with van der Waals surface area (Å²) in [5, 5.41) is 9.10. The Bertz CT molecular complexity index is 500. The van der Waals surface area contributed by atoms with E-state index in [9.17, 15) is 9.59 Å². The van der Waals surface area contributed by atoms with E-state index in [1.165, 1.54) is 0 Å². The highest BCUT2D eigenvalue weighted by atomic mass is 35.5. The number of halogens is 1. The average molecular weight is 303 g/mol. The first-order chi connectivity index (χ1) is 9.01. The van der Waals surface area contributed by atoms with Crippen LogP contribution in [-0.2, 0) is 12.8 Å². The smallest absolute Gasteiger partial charge is 0.277 e. The van der Waals surface area contributed by atoms with E-state index in [0.717, 1.165) is 11.3 Å². The number of amides is 1. The minimum atomic E-state index is -0.438. The number of H-pyrrole nitrogens is 1. The molecule has 1 unspecified atom stereocenters. The summed E-state index contributed by atoms with van der Waals surface area (Å²) in [6, 6.07) is 0.0212. The molecular weight excluding hydrogens is 280 g/mol. The fraction of sp³-hybridized carbons (Fsp3) is 0.615. The highest BCUT2D eigenvalue weighted by molar-refractivity contribution is 5.95. The number of nitrogens with zero attached hydrogens (tertiary/aromatic N) is 1. The molecule has 0 aliphatic rings. The molecule has 1 aromatic heterocycles. The Kier molecular flexibility index (Phi) is 8.10. The van der Waals surface area contributed by atoms with Crippen molar-refractivity contribution in [2.45, 2.75) is 46.1 Å². The number of aryl methyl sites for hydroxylation is 1. The van der Waals surface area contributed by atoms with Crippen molar-refractivity contribution in [1.82, 2.24) is 15.5 Å². The molecule has 114 valence electrons. The predicted octanol–water partition coefficient (Wildman–Crippen LogP) is 0.784. The van der Waals surface area contributed by atoms with Gasteiger partial charge in [0.15, 0.2) is 0 Å². The van der Waals surface area contributed by atoms with Crippen molar-refractivity contribution >= 4 is 18.3 Å². The molecule has 0 saturated heterocycles. The van der Waals surface area contributed by atoms with Crippen LogP contribution < -0.4 is 16.6 Å². The predicted molar refractivity (Wildman–Crippen MR) is 81.5 cm³/mol. The molecule has 1 aromatic rings. The molecule has 1 rings (SSSR count). The van der Waals surface area contributed by atoms with Crippen LogP contribution in [0, 0.1) is 0 Å². The van der Waals surface area contributed by atoms with Crippen molar-refractivity contribution in [3.8, 4) is 0 Å². The second kappa shape index (κ2) is 8.71. The van der Waals surface area contributed by atoms with Gasteiger partial charge in [-0.25, -0.2) is 5.10 Å². The second-order valence-corrected chi connectivity index (χ2v) is 4.58. The summed E-state index contributed by atoms with van der Waals surface area (Å²) in [4.78, 5) is 23.9. The third kappa shape index (κ3) is 4.61. The van der Waals surface area contributed by atoms with E-state index in [2.05, 4.69) is 15.5 Å². The summed E-state index contributed by atoms with van der Waals surface area (Å²) >= 11 is 0. The molecule has 0 spiro atoms. The molecule has 4 N–H and O–H groups in total. The summed E-state index contributed by atoms with van der Waals surface area (Å²) in [5.41, 5.74) is 6.85. The molecule has 6 nitrogen and oxygen atoms in total. The molecular formula is C13H23ClN4O2. The summed E-state index contributed by atoms with van der Waals surface area (Å²) in [5.74, 6) is -0.351. The van der Waals surface area contributed by atoms with Gasteiger partial charge in [-0.2, -0.15) is 5.10 Å². The number of hydrogen-bond donors (Lipinski definition) is 3. The minimum absolute atomic E-state index is 0. The molecule has 1 heterocycles. The van der Waals surface area contributed by atoms with Crippen LogP contribution in [0.4, 0.5) is 0 Å². The fourth-order valence-corrected chi connectivity index (χ4v) is 1.94. The van der Waals surface area contributed by atoms with Gasteiger partial charge in [0.05, 0.1) is 5.69 Å². The Labute approximate surface area is 124 Å². The lowest BCUT2D eigenvalue weighted by Crippen LogP contribution is -2.34. The Morgan fingerprint density at radius 2 is 2.05 bits per heavy atom. The molecule has 7 heteroatoms. The third-order valence-electron chi connectivity index (χ3n) is 2.97. The molecule has 0 aliphatic carbocycles. The van der Waals surface area contributed by atoms with Crippen LogP contribution in [0.2, 0.25) is 0 Å². The number of carbonyl (C=O) groups is 1. The van der Waals surface area contributed by atoms with Gasteiger partial charge in [-0.1, -0.05) is 13.8 Å². The molecule has 20 heavy (non-hydrogen) atoms. The number of nitrogens with one attached hydrogen (secondary N) is 2. The maximum atomic E-state index is 12.1. The molecule has 0 bridgehead atoms. The number of aromatic amines is 1. The van der Waals surface area contributed by atoms with Crippen molar-refractivity contribution in [3.05, 3.63) is 27.2 Å². The average Bonchev–Trinajstić information content (AvgIpc) is 2.37. The van der Waals surface area contributed by atoms with Gasteiger partial charge in [0.25, 0.3) is 11.5 Å². The molecule has 1 amide bonds. The molecule has 1 atom stereocenters. The molecule has 0 radical (unpaired) electrons. The third-order valence-corrected chi connectivity index (χ3v) is 2.97. The number of hydrogen-bond acceptors (Lipinski definition) is 4. The Morgan fingerprint density at radius 3 is 2.55 bits per heavy atom. The highest BCUT2D eigenvalue weighted by Crippen LogP contribution is 2.10. The SMILES string of the molecule is CCc1n[nH]c(=O)c(C(=O)NCCC(C)N)c1CC.Cl. The molecule has 0 aromatic carbocycles. The van der Waals surface area contributed by atoms with Crippen molar-refractivity contribution in [1.29, 1.82) is 0 Å². The van der Waals surface area contributed by atoms with Crippen LogP contribution in [0.25, 0.3) is 0 Å². The standard InChI is InChI=1S/C13H22N4O2.ClH/c1-4-9-10(5-2)16-17-13(19)11(9)12(18)15-7-6-8(3)14;/h8H,4-7,14H2,1-3H3,(H,15,18)(H,17,19);1H. The lowest BCUT2D eigenvalue weighted by Gasteiger charge is -2.11. The van der Waals surface area contributed by atoms with Gasteiger partial charge in [0.1, 0.15) is 5.56 Å². The van der Waals surface area contributed by atoms with Gasteiger partial charge in [0, 0.05) is 12.6 Å². The van der Waals surface area contributed by atoms with E-state index < -0.39 is 5.56 Å². The Morgan fingerprint density at radius 1 is 1.40 bits per heavy atom. The van der Waals surface area contributed by atoms with Crippen LogP contribution >= 0.6 is 12.4 Å². The van der Waals surface area contributed by atoms with Crippen molar-refractivity contribution < 1.29 is 4.79 Å². The van der Waals surface area contributed by atoms with Crippen LogP contribution in [0.15, 0.2) is 4.79 Å². The minimum Gasteiger partial charge on any atom is -0.352 e. The molecule has 0 saturated carbocycles. The van der Waals surface area contributed by atoms with E-state index in [4.69, 9.17) is 5.73 Å². The van der Waals surface area contributed by atoms with Crippen LogP contribution in [0.5, 0.6) is 0 Å². The zero-order valence-corrected chi connectivity index (χ0v) is 13.0. The van der Waals surface area contributed by atoms with Gasteiger partial charge in [0.2, 0.25) is 0 Å². The van der Waals surface area contributed by atoms with Gasteiger partial charge >= 0.3 is 0 Å². The van der Waals surface area contributed by atoms with Gasteiger partial charge in [-0.3, -0.25) is 9.59 Å². The lowest BCUT2D eigenvalue weighted by atomic mass is 10.0. The first-order valence-electron chi connectivity index (χ1n) is 6.65. The van der Waals surface area contributed by atoms with Gasteiger partial charge in [-0.15, -0.1) is 12.4 Å². The van der Waals surface area contributed by atoms with Crippen LogP contribution in [-0.4, -0.2) is 28.7 Å². The number of aromatic nitrogens is 2. The maximum Gasteiger partial charge on any atom is 0.277 e. The van der Waals surface area contributed by atoms with Crippen LogP contribution in [0.3, 0.4) is 0 Å². The zero-order valence-electron chi connectivity index (χ0n) is 12.2. The monoisotopic (exact) mass is 302 g/mol. The second-order valence-electron chi connectivity index (χ2n) is 4.58. The van der Waals surface area contributed by atoms with E-state index in [1.54, 1.807) is 0 Å². The normalized spacial score (nSPS) is 11.6. The Balaban J connectivity index is 0.00000361. The van der Waals surface area contributed by atoms with Crippen LogP contribution in [0.1, 0.15) is 48.8 Å². The van der Waals surface area contributed by atoms with E-state index >= 15 is 0 Å². The largest absolute Gasteiger partial charge is 0.352 e. The first kappa shape index (κ1) is 18.6. The summed E-state index contributed by atoms with van der Waals surface area (Å²) in [7, 11) is 0. The summed E-state index contributed by atoms with van der Waals surface area (Å²) in [6.45, 7) is 6.19. The van der Waals surface area contributed by atoms with E-state index in [1.807, 2.05) is 20.8 Å². The summed E-state index contributed by atoms with van der Waals surface area (Å²) in [6.07, 6.45) is 1.97. The number of nitrogens with two attached hydrogens (primary N) is 1. The van der Waals surface area contributed by atoms with Crippen molar-refractivity contribution in [2.75, 3.05) is 6.54 Å². The molecule has 0 fully saturated rings. The van der Waals surface area contributed by atoms with E-state index in [0.29, 0.717) is 25.8 Å². The first-order valence-corrected chi connectivity index (χ1v) is 6.65. The Hall–Kier alpha value is -1.40. The maximum absolute atomic E-state index is 12.1. The summed E-state index contributed by atoms with van der Waals surface area (Å²) < 4.78 is 0. The molecule has 0 aliphatic heterocycles. The fourth-order valence-electron chi connectivity index (χ4n) is 1.94. The number of rotatable bonds is 6.